The number of thioether (sulfide) groups is 1. The molecule has 1 fully saturated rings. The van der Waals surface area contributed by atoms with E-state index in [1.165, 1.54) is 11.3 Å². The van der Waals surface area contributed by atoms with Crippen LogP contribution in [0.4, 0.5) is 0 Å². The van der Waals surface area contributed by atoms with Gasteiger partial charge in [0.25, 0.3) is 0 Å². The van der Waals surface area contributed by atoms with Gasteiger partial charge in [0.2, 0.25) is 10.0 Å². The van der Waals surface area contributed by atoms with Crippen molar-refractivity contribution in [3.8, 4) is 0 Å². The van der Waals surface area contributed by atoms with E-state index >= 15 is 0 Å². The van der Waals surface area contributed by atoms with E-state index in [4.69, 9.17) is 0 Å². The lowest BCUT2D eigenvalue weighted by atomic mass is 10.2. The van der Waals surface area contributed by atoms with Gasteiger partial charge in [-0.2, -0.15) is 11.8 Å². The van der Waals surface area contributed by atoms with E-state index in [9.17, 15) is 8.42 Å². The maximum absolute atomic E-state index is 12.3. The normalized spacial score (nSPS) is 20.6. The largest absolute Gasteiger partial charge is 0.313 e. The zero-order valence-corrected chi connectivity index (χ0v) is 13.5. The van der Waals surface area contributed by atoms with Crippen molar-refractivity contribution < 1.29 is 8.42 Å². The highest BCUT2D eigenvalue weighted by Gasteiger charge is 2.23. The second-order valence-corrected chi connectivity index (χ2v) is 8.59. The van der Waals surface area contributed by atoms with Gasteiger partial charge in [-0.05, 0) is 42.1 Å². The van der Waals surface area contributed by atoms with Gasteiger partial charge in [0.05, 0.1) is 0 Å². The third-order valence-corrected chi connectivity index (χ3v) is 7.18. The first kappa shape index (κ1) is 15.3. The molecule has 1 aliphatic heterocycles. The molecule has 1 aliphatic rings. The Morgan fingerprint density at radius 3 is 3.00 bits per heavy atom. The van der Waals surface area contributed by atoms with E-state index in [0.717, 1.165) is 43.0 Å². The molecule has 1 atom stereocenters. The number of hydrogen-bond acceptors (Lipinski definition) is 5. The van der Waals surface area contributed by atoms with E-state index in [2.05, 4.69) is 10.0 Å². The minimum atomic E-state index is -3.34. The Balaban J connectivity index is 1.99. The first-order valence-corrected chi connectivity index (χ1v) is 10.0. The van der Waals surface area contributed by atoms with Crippen molar-refractivity contribution in [2.45, 2.75) is 36.6 Å². The highest BCUT2D eigenvalue weighted by Crippen LogP contribution is 2.23. The Kier molecular flexibility index (Phi) is 5.70. The van der Waals surface area contributed by atoms with Crippen LogP contribution in [0.5, 0.6) is 0 Å². The Hall–Kier alpha value is -0.0800. The summed E-state index contributed by atoms with van der Waals surface area (Å²) in [7, 11) is -3.34. The molecule has 2 N–H and O–H groups in total. The number of rotatable bonds is 6. The molecule has 0 bridgehead atoms. The monoisotopic (exact) mass is 320 g/mol. The molecule has 0 saturated carbocycles. The van der Waals surface area contributed by atoms with Gasteiger partial charge < -0.3 is 5.32 Å². The highest BCUT2D eigenvalue weighted by atomic mass is 32.2. The van der Waals surface area contributed by atoms with Crippen LogP contribution >= 0.6 is 23.1 Å². The maximum Gasteiger partial charge on any atom is 0.250 e. The molecule has 0 amide bonds. The average molecular weight is 321 g/mol. The lowest BCUT2D eigenvalue weighted by Crippen LogP contribution is -2.37. The van der Waals surface area contributed by atoms with Crippen LogP contribution in [-0.4, -0.2) is 32.5 Å². The number of hydrogen-bond donors (Lipinski definition) is 2. The maximum atomic E-state index is 12.3. The van der Waals surface area contributed by atoms with Gasteiger partial charge in [-0.25, -0.2) is 13.1 Å². The second kappa shape index (κ2) is 7.08. The molecule has 0 radical (unpaired) electrons. The number of nitrogens with one attached hydrogen (secondary N) is 2. The first-order valence-electron chi connectivity index (χ1n) is 6.50. The summed E-state index contributed by atoms with van der Waals surface area (Å²) in [6.07, 6.45) is 2.04. The van der Waals surface area contributed by atoms with Crippen LogP contribution in [0.1, 0.15) is 25.3 Å². The molecule has 1 unspecified atom stereocenters. The van der Waals surface area contributed by atoms with E-state index in [0.29, 0.717) is 4.21 Å². The molecule has 1 saturated heterocycles. The zero-order chi connectivity index (χ0) is 13.7. The average Bonchev–Trinajstić information content (AvgIpc) is 2.86. The molecule has 4 nitrogen and oxygen atoms in total. The minimum Gasteiger partial charge on any atom is -0.313 e. The van der Waals surface area contributed by atoms with Crippen LogP contribution in [0.15, 0.2) is 15.7 Å². The van der Waals surface area contributed by atoms with Crippen LogP contribution < -0.4 is 10.0 Å². The van der Waals surface area contributed by atoms with Gasteiger partial charge in [0, 0.05) is 18.3 Å². The summed E-state index contributed by atoms with van der Waals surface area (Å²) in [4.78, 5) is 0. The van der Waals surface area contributed by atoms with Crippen molar-refractivity contribution in [3.63, 3.8) is 0 Å². The van der Waals surface area contributed by atoms with Gasteiger partial charge >= 0.3 is 0 Å². The quantitative estimate of drug-likeness (QED) is 0.842. The van der Waals surface area contributed by atoms with Crippen molar-refractivity contribution in [1.29, 1.82) is 0 Å². The molecule has 0 aromatic carbocycles. The van der Waals surface area contributed by atoms with Crippen molar-refractivity contribution >= 4 is 33.1 Å². The van der Waals surface area contributed by atoms with Crippen LogP contribution in [-0.2, 0) is 16.6 Å². The molecule has 0 aliphatic carbocycles. The summed E-state index contributed by atoms with van der Waals surface area (Å²) in [5, 5.41) is 5.11. The Labute approximate surface area is 123 Å². The third kappa shape index (κ3) is 4.46. The lowest BCUT2D eigenvalue weighted by molar-refractivity contribution is 0.544. The van der Waals surface area contributed by atoms with Gasteiger partial charge in [-0.15, -0.1) is 11.3 Å². The predicted octanol–water partition coefficient (Wildman–Crippen LogP) is 2.03. The molecule has 1 aromatic rings. The number of thiophene rings is 1. The molecular formula is C12H20N2O2S3. The van der Waals surface area contributed by atoms with Crippen LogP contribution in [0.3, 0.4) is 0 Å². The van der Waals surface area contributed by atoms with Gasteiger partial charge in [-0.3, -0.25) is 0 Å². The van der Waals surface area contributed by atoms with Crippen LogP contribution in [0, 0.1) is 0 Å². The standard InChI is InChI=1S/C12H20N2O2S3/c1-2-13-7-10-6-12(18-8-10)19(15,16)14-11-4-3-5-17-9-11/h6,8,11,13-14H,2-5,7,9H2,1H3. The minimum absolute atomic E-state index is 0.0862. The zero-order valence-electron chi connectivity index (χ0n) is 11.0. The Morgan fingerprint density at radius 1 is 1.47 bits per heavy atom. The molecule has 2 rings (SSSR count). The van der Waals surface area contributed by atoms with Crippen LogP contribution in [0.25, 0.3) is 0 Å². The number of sulfonamides is 1. The van der Waals surface area contributed by atoms with Gasteiger partial charge in [0.1, 0.15) is 4.21 Å². The van der Waals surface area contributed by atoms with E-state index in [1.54, 1.807) is 6.07 Å². The summed E-state index contributed by atoms with van der Waals surface area (Å²) in [6.45, 7) is 3.64. The molecular weight excluding hydrogens is 300 g/mol. The van der Waals surface area contributed by atoms with Crippen molar-refractivity contribution in [2.24, 2.45) is 0 Å². The Bertz CT molecular complexity index is 493. The highest BCUT2D eigenvalue weighted by molar-refractivity contribution is 7.99. The third-order valence-electron chi connectivity index (χ3n) is 2.96. The lowest BCUT2D eigenvalue weighted by Gasteiger charge is -2.21. The molecule has 7 heteroatoms. The molecule has 108 valence electrons. The van der Waals surface area contributed by atoms with Gasteiger partial charge in [-0.1, -0.05) is 6.92 Å². The smallest absolute Gasteiger partial charge is 0.250 e. The van der Waals surface area contributed by atoms with Crippen molar-refractivity contribution in [2.75, 3.05) is 18.1 Å². The van der Waals surface area contributed by atoms with Gasteiger partial charge in [0.15, 0.2) is 0 Å². The summed E-state index contributed by atoms with van der Waals surface area (Å²) >= 11 is 3.12. The topological polar surface area (TPSA) is 58.2 Å². The molecule has 1 aromatic heterocycles. The van der Waals surface area contributed by atoms with E-state index < -0.39 is 10.0 Å². The van der Waals surface area contributed by atoms with E-state index in [-0.39, 0.29) is 6.04 Å². The Morgan fingerprint density at radius 2 is 2.32 bits per heavy atom. The van der Waals surface area contributed by atoms with Crippen molar-refractivity contribution in [1.82, 2.24) is 10.0 Å². The van der Waals surface area contributed by atoms with Crippen molar-refractivity contribution in [3.05, 3.63) is 17.0 Å². The first-order chi connectivity index (χ1) is 9.12. The summed E-state index contributed by atoms with van der Waals surface area (Å²) in [5.41, 5.74) is 1.03. The summed E-state index contributed by atoms with van der Waals surface area (Å²) in [5.74, 6) is 2.03. The predicted molar refractivity (Wildman–Crippen MR) is 82.4 cm³/mol. The molecule has 0 spiro atoms. The molecule has 19 heavy (non-hydrogen) atoms. The fourth-order valence-electron chi connectivity index (χ4n) is 1.97. The fraction of sp³-hybridized carbons (Fsp3) is 0.667. The van der Waals surface area contributed by atoms with Crippen LogP contribution in [0.2, 0.25) is 0 Å². The molecule has 2 heterocycles. The fourth-order valence-corrected chi connectivity index (χ4v) is 5.64. The summed E-state index contributed by atoms with van der Waals surface area (Å²) in [6, 6.07) is 1.86. The SMILES string of the molecule is CCNCc1csc(S(=O)(=O)NC2CCCSC2)c1. The van der Waals surface area contributed by atoms with E-state index in [1.807, 2.05) is 24.1 Å². The second-order valence-electron chi connectivity index (χ2n) is 4.59. The summed E-state index contributed by atoms with van der Waals surface area (Å²) < 4.78 is 27.8.